The van der Waals surface area contributed by atoms with Crippen LogP contribution in [0.15, 0.2) is 36.8 Å². The maximum atomic E-state index is 10.4. The lowest BCUT2D eigenvalue weighted by Gasteiger charge is -2.23. The first-order valence-electron chi connectivity index (χ1n) is 11.7. The Hall–Kier alpha value is -6.43. The Morgan fingerprint density at radius 1 is 0.689 bits per heavy atom. The quantitative estimate of drug-likeness (QED) is 0.117. The molecular weight excluding hydrogens is 618 g/mol. The molecule has 2 aromatic carbocycles. The third-order valence-corrected chi connectivity index (χ3v) is 5.04. The summed E-state index contributed by atoms with van der Waals surface area (Å²) in [6, 6.07) is 1.79. The molecule has 0 atom stereocenters. The molecule has 3 rings (SSSR count). The Bertz CT molecular complexity index is 1430. The molecule has 3 N–H and O–H groups in total. The number of rotatable bonds is 11. The molecule has 0 bridgehead atoms. The summed E-state index contributed by atoms with van der Waals surface area (Å²) in [7, 11) is 6.46. The van der Waals surface area contributed by atoms with Crippen molar-refractivity contribution in [1.82, 2.24) is 9.97 Å². The van der Waals surface area contributed by atoms with Crippen LogP contribution in [0.5, 0.6) is 11.5 Å². The number of benzene rings is 2. The molecule has 0 spiro atoms. The lowest BCUT2D eigenvalue weighted by molar-refractivity contribution is -0.870. The summed E-state index contributed by atoms with van der Waals surface area (Å²) in [5, 5.41) is 80.4. The lowest BCUT2D eigenvalue weighted by atomic mass is 10.2. The summed E-state index contributed by atoms with van der Waals surface area (Å²) in [5.74, 6) is -2.42. The monoisotopic (exact) mass is 642 g/mol. The van der Waals surface area contributed by atoms with Gasteiger partial charge in [-0.3, -0.25) is 60.7 Å². The van der Waals surface area contributed by atoms with Crippen molar-refractivity contribution in [1.29, 1.82) is 0 Å². The molecular formula is C21H24N9O15+. The van der Waals surface area contributed by atoms with E-state index in [-0.39, 0.29) is 0 Å². The van der Waals surface area contributed by atoms with E-state index in [1.54, 1.807) is 12.5 Å². The van der Waals surface area contributed by atoms with E-state index in [2.05, 4.69) is 31.1 Å². The number of H-pyrrole nitrogens is 1. The van der Waals surface area contributed by atoms with Gasteiger partial charge in [0.25, 0.3) is 22.9 Å². The second-order valence-corrected chi connectivity index (χ2v) is 9.35. The smallest absolute Gasteiger partial charge is 0.324 e. The summed E-state index contributed by atoms with van der Waals surface area (Å²) in [6.45, 7) is 2.43. The number of ether oxygens (including phenoxy) is 1. The largest absolute Gasteiger partial charge is 0.497 e. The summed E-state index contributed by atoms with van der Waals surface area (Å²) < 4.78 is 6.40. The highest BCUT2D eigenvalue weighted by atomic mass is 16.7. The van der Waals surface area contributed by atoms with Gasteiger partial charge >= 0.3 is 22.7 Å². The second-order valence-electron chi connectivity index (χ2n) is 9.35. The summed E-state index contributed by atoms with van der Waals surface area (Å²) in [6.07, 6.45) is 3.45. The van der Waals surface area contributed by atoms with Gasteiger partial charge in [0.1, 0.15) is 6.54 Å². The van der Waals surface area contributed by atoms with E-state index < -0.39 is 75.2 Å². The minimum atomic E-state index is -1.21. The van der Waals surface area contributed by atoms with Crippen molar-refractivity contribution < 1.29 is 49.0 Å². The zero-order valence-electron chi connectivity index (χ0n) is 23.4. The highest BCUT2D eigenvalue weighted by Crippen LogP contribution is 2.40. The third kappa shape index (κ3) is 11.4. The molecule has 3 aromatic rings. The SMILES string of the molecule is C[N+](C)(C)CCOCc1cnc[nH]1.O=[N+]([O-])c1cc([N+](=O)[O-])c(O)c([N+](=O)[O-])c1.O=[N+]([O-])c1cc([N+](=O)[O-])c(O)c([N+](=O)[O-])c1. The number of aromatic hydroxyl groups is 2. The molecule has 45 heavy (non-hydrogen) atoms. The van der Waals surface area contributed by atoms with Crippen molar-refractivity contribution in [2.45, 2.75) is 6.61 Å². The fourth-order valence-electron chi connectivity index (χ4n) is 2.83. The minimum Gasteiger partial charge on any atom is -0.497 e. The van der Waals surface area contributed by atoms with Gasteiger partial charge in [0.15, 0.2) is 0 Å². The predicted octanol–water partition coefficient (Wildman–Crippen LogP) is 2.87. The van der Waals surface area contributed by atoms with Crippen LogP contribution in [0.2, 0.25) is 0 Å². The van der Waals surface area contributed by atoms with E-state index >= 15 is 0 Å². The molecule has 0 radical (unpaired) electrons. The number of aromatic nitrogens is 2. The zero-order valence-corrected chi connectivity index (χ0v) is 23.4. The normalized spacial score (nSPS) is 10.4. The highest BCUT2D eigenvalue weighted by molar-refractivity contribution is 5.65. The van der Waals surface area contributed by atoms with Gasteiger partial charge in [-0.2, -0.15) is 0 Å². The van der Waals surface area contributed by atoms with Crippen LogP contribution in [0, 0.1) is 60.7 Å². The molecule has 0 aliphatic rings. The Morgan fingerprint density at radius 2 is 1.04 bits per heavy atom. The van der Waals surface area contributed by atoms with Crippen LogP contribution in [0.3, 0.4) is 0 Å². The molecule has 0 unspecified atom stereocenters. The van der Waals surface area contributed by atoms with E-state index in [9.17, 15) is 60.7 Å². The average Bonchev–Trinajstić information content (AvgIpc) is 3.44. The molecule has 0 saturated heterocycles. The number of aromatic amines is 1. The van der Waals surface area contributed by atoms with Crippen molar-refractivity contribution in [3.63, 3.8) is 0 Å². The Labute approximate surface area is 249 Å². The number of non-ortho nitro benzene ring substituents is 2. The van der Waals surface area contributed by atoms with Gasteiger partial charge < -0.3 is 24.4 Å². The Balaban J connectivity index is 0.000000340. The summed E-state index contributed by atoms with van der Waals surface area (Å²) >= 11 is 0. The average molecular weight is 642 g/mol. The predicted molar refractivity (Wildman–Crippen MR) is 147 cm³/mol. The van der Waals surface area contributed by atoms with E-state index in [4.69, 9.17) is 14.9 Å². The van der Waals surface area contributed by atoms with Crippen LogP contribution in [0.25, 0.3) is 0 Å². The van der Waals surface area contributed by atoms with E-state index in [1.807, 2.05) is 0 Å². The highest BCUT2D eigenvalue weighted by Gasteiger charge is 2.31. The van der Waals surface area contributed by atoms with Gasteiger partial charge in [-0.1, -0.05) is 0 Å². The Morgan fingerprint density at radius 3 is 1.29 bits per heavy atom. The molecule has 0 amide bonds. The Kier molecular flexibility index (Phi) is 12.8. The van der Waals surface area contributed by atoms with Gasteiger partial charge in [0.05, 0.1) is 106 Å². The first kappa shape index (κ1) is 36.6. The number of nitro benzene ring substituents is 6. The molecule has 0 aliphatic carbocycles. The number of phenols is 2. The maximum absolute atomic E-state index is 10.4. The molecule has 24 heteroatoms. The van der Waals surface area contributed by atoms with E-state index in [1.165, 1.54) is 0 Å². The molecule has 0 fully saturated rings. The number of hydrogen-bond donors (Lipinski definition) is 3. The molecule has 0 saturated carbocycles. The van der Waals surface area contributed by atoms with E-state index in [0.717, 1.165) is 23.3 Å². The minimum absolute atomic E-state index is 0.447. The third-order valence-electron chi connectivity index (χ3n) is 5.04. The van der Waals surface area contributed by atoms with Gasteiger partial charge in [-0.05, 0) is 0 Å². The number of likely N-dealkylation sites (N-methyl/N-ethyl adjacent to an activating group) is 1. The standard InChI is InChI=1S/C9H18N3O.2C6H3N3O7/c1-12(2,3)4-5-13-7-9-6-10-8-11-9;2*10-6-4(8(13)14)1-3(7(11)12)2-5(6)9(15)16/h6,8H,4-5,7H2,1-3H3,(H,10,11);2*1-2,10H/q+1;;. The number of imidazole rings is 1. The maximum Gasteiger partial charge on any atom is 0.324 e. The topological polar surface area (TPSA) is 337 Å². The fourth-order valence-corrected chi connectivity index (χ4v) is 2.83. The summed E-state index contributed by atoms with van der Waals surface area (Å²) in [5.41, 5.74) is -4.97. The first-order valence-corrected chi connectivity index (χ1v) is 11.7. The second kappa shape index (κ2) is 15.7. The number of hydrogen-bond acceptors (Lipinski definition) is 16. The first-order chi connectivity index (χ1) is 20.8. The van der Waals surface area contributed by atoms with Crippen LogP contribution >= 0.6 is 0 Å². The number of phenolic OH excluding ortho intramolecular Hbond substituents is 2. The summed E-state index contributed by atoms with van der Waals surface area (Å²) in [4.78, 5) is 62.4. The number of nitrogens with zero attached hydrogens (tertiary/aromatic N) is 8. The van der Waals surface area contributed by atoms with Gasteiger partial charge in [-0.15, -0.1) is 0 Å². The number of quaternary nitrogens is 1. The van der Waals surface area contributed by atoms with Gasteiger partial charge in [0, 0.05) is 0 Å². The van der Waals surface area contributed by atoms with Gasteiger partial charge in [0.2, 0.25) is 0 Å². The van der Waals surface area contributed by atoms with Crippen molar-refractivity contribution in [2.75, 3.05) is 34.3 Å². The molecule has 0 aliphatic heterocycles. The number of nitrogens with one attached hydrogen (secondary N) is 1. The molecule has 242 valence electrons. The van der Waals surface area contributed by atoms with Crippen LogP contribution in [-0.2, 0) is 11.3 Å². The molecule has 1 aromatic heterocycles. The molecule has 1 heterocycles. The lowest BCUT2D eigenvalue weighted by Crippen LogP contribution is -2.37. The van der Waals surface area contributed by atoms with Crippen LogP contribution < -0.4 is 0 Å². The van der Waals surface area contributed by atoms with Crippen molar-refractivity contribution >= 4 is 34.1 Å². The van der Waals surface area contributed by atoms with Gasteiger partial charge in [-0.25, -0.2) is 4.98 Å². The van der Waals surface area contributed by atoms with Crippen LogP contribution in [-0.4, -0.2) is 88.5 Å². The van der Waals surface area contributed by atoms with E-state index in [0.29, 0.717) is 30.9 Å². The van der Waals surface area contributed by atoms with Crippen LogP contribution in [0.1, 0.15) is 5.69 Å². The van der Waals surface area contributed by atoms with Crippen molar-refractivity contribution in [3.8, 4) is 11.5 Å². The molecule has 24 nitrogen and oxygen atoms in total. The van der Waals surface area contributed by atoms with Crippen molar-refractivity contribution in [2.24, 2.45) is 0 Å². The van der Waals surface area contributed by atoms with Crippen molar-refractivity contribution in [3.05, 3.63) is 103 Å². The number of nitro groups is 6. The fraction of sp³-hybridized carbons (Fsp3) is 0.286. The zero-order chi connectivity index (χ0) is 34.6. The van der Waals surface area contributed by atoms with Crippen LogP contribution in [0.4, 0.5) is 34.1 Å².